The molecule has 0 unspecified atom stereocenters. The fraction of sp³-hybridized carbons (Fsp3) is 0.700. The lowest BCUT2D eigenvalue weighted by atomic mass is 10.2. The van der Waals surface area contributed by atoms with E-state index in [9.17, 15) is 13.2 Å². The van der Waals surface area contributed by atoms with E-state index in [1.165, 1.54) is 0 Å². The Kier molecular flexibility index (Phi) is 5.23. The lowest BCUT2D eigenvalue weighted by Crippen LogP contribution is -2.17. The first kappa shape index (κ1) is 14.7. The molecule has 0 saturated heterocycles. The van der Waals surface area contributed by atoms with Crippen LogP contribution in [0.15, 0.2) is 6.20 Å². The second kappa shape index (κ2) is 6.03. The average molecular weight is 362 g/mol. The van der Waals surface area contributed by atoms with Gasteiger partial charge in [-0.15, -0.1) is 0 Å². The molecule has 0 bridgehead atoms. The number of ether oxygens (including phenoxy) is 1. The minimum atomic E-state index is -4.29. The zero-order valence-electron chi connectivity index (χ0n) is 9.59. The smallest absolute Gasteiger partial charge is 0.366 e. The third kappa shape index (κ3) is 5.71. The summed E-state index contributed by atoms with van der Waals surface area (Å²) in [4.78, 5) is 0. The van der Waals surface area contributed by atoms with Gasteiger partial charge in [-0.1, -0.05) is 13.8 Å². The second-order valence-corrected chi connectivity index (χ2v) is 5.31. The van der Waals surface area contributed by atoms with Crippen molar-refractivity contribution in [1.29, 1.82) is 0 Å². The molecule has 0 aliphatic heterocycles. The van der Waals surface area contributed by atoms with E-state index in [2.05, 4.69) is 9.84 Å². The van der Waals surface area contributed by atoms with Gasteiger partial charge in [0.1, 0.15) is 12.3 Å². The Bertz CT molecular complexity index is 363. The van der Waals surface area contributed by atoms with Crippen LogP contribution in [-0.4, -0.2) is 22.6 Å². The monoisotopic (exact) mass is 362 g/mol. The van der Waals surface area contributed by atoms with Crippen LogP contribution in [0.5, 0.6) is 0 Å². The minimum absolute atomic E-state index is 0.108. The van der Waals surface area contributed by atoms with Gasteiger partial charge in [-0.2, -0.15) is 18.3 Å². The van der Waals surface area contributed by atoms with Crippen LogP contribution in [0.4, 0.5) is 13.2 Å². The summed E-state index contributed by atoms with van der Waals surface area (Å²) in [7, 11) is 0. The quantitative estimate of drug-likeness (QED) is 0.753. The maximum Gasteiger partial charge on any atom is 0.411 e. The number of hydrogen-bond acceptors (Lipinski definition) is 2. The van der Waals surface area contributed by atoms with Crippen LogP contribution >= 0.6 is 22.6 Å². The van der Waals surface area contributed by atoms with Gasteiger partial charge in [-0.25, -0.2) is 0 Å². The molecule has 17 heavy (non-hydrogen) atoms. The van der Waals surface area contributed by atoms with E-state index in [-0.39, 0.29) is 6.61 Å². The fourth-order valence-corrected chi connectivity index (χ4v) is 1.85. The van der Waals surface area contributed by atoms with Crippen molar-refractivity contribution in [2.75, 3.05) is 6.61 Å². The molecule has 0 spiro atoms. The normalized spacial score (nSPS) is 12.4. The Morgan fingerprint density at radius 3 is 2.65 bits per heavy atom. The summed E-state index contributed by atoms with van der Waals surface area (Å²) < 4.78 is 42.8. The fourth-order valence-electron chi connectivity index (χ4n) is 1.27. The van der Waals surface area contributed by atoms with Crippen LogP contribution in [0.3, 0.4) is 0 Å². The van der Waals surface area contributed by atoms with Crippen molar-refractivity contribution in [2.45, 2.75) is 33.2 Å². The van der Waals surface area contributed by atoms with Gasteiger partial charge >= 0.3 is 6.18 Å². The highest BCUT2D eigenvalue weighted by Crippen LogP contribution is 2.17. The van der Waals surface area contributed by atoms with E-state index in [4.69, 9.17) is 0 Å². The van der Waals surface area contributed by atoms with Crippen molar-refractivity contribution >= 4 is 22.6 Å². The summed E-state index contributed by atoms with van der Waals surface area (Å²) >= 11 is 2.04. The molecule has 0 saturated carbocycles. The first-order chi connectivity index (χ1) is 7.78. The Labute approximate surface area is 111 Å². The lowest BCUT2D eigenvalue weighted by molar-refractivity contribution is -0.176. The molecule has 0 aromatic carbocycles. The standard InChI is InChI=1S/C10H14F3IN2O/c1-7(2)3-16-4-8(14)9(15-16)5-17-6-10(11,12)13/h4,7H,3,5-6H2,1-2H3. The topological polar surface area (TPSA) is 27.1 Å². The molecule has 1 rings (SSSR count). The van der Waals surface area contributed by atoms with Crippen LogP contribution in [0.25, 0.3) is 0 Å². The summed E-state index contributed by atoms with van der Waals surface area (Å²) in [6, 6.07) is 0. The van der Waals surface area contributed by atoms with Crippen LogP contribution < -0.4 is 0 Å². The highest BCUT2D eigenvalue weighted by Gasteiger charge is 2.27. The van der Waals surface area contributed by atoms with Crippen molar-refractivity contribution in [3.05, 3.63) is 15.5 Å². The predicted octanol–water partition coefficient (Wildman–Crippen LogP) is 3.22. The largest absolute Gasteiger partial charge is 0.411 e. The predicted molar refractivity (Wildman–Crippen MR) is 65.5 cm³/mol. The van der Waals surface area contributed by atoms with E-state index in [1.807, 2.05) is 42.6 Å². The lowest BCUT2D eigenvalue weighted by Gasteiger charge is -2.06. The third-order valence-electron chi connectivity index (χ3n) is 1.84. The molecule has 1 heterocycles. The molecule has 0 fully saturated rings. The molecule has 0 atom stereocenters. The van der Waals surface area contributed by atoms with Gasteiger partial charge in [0, 0.05) is 12.7 Å². The van der Waals surface area contributed by atoms with Gasteiger partial charge in [0.15, 0.2) is 0 Å². The van der Waals surface area contributed by atoms with Crippen molar-refractivity contribution in [1.82, 2.24) is 9.78 Å². The zero-order chi connectivity index (χ0) is 13.1. The zero-order valence-corrected chi connectivity index (χ0v) is 11.7. The highest BCUT2D eigenvalue weighted by atomic mass is 127. The highest BCUT2D eigenvalue weighted by molar-refractivity contribution is 14.1. The van der Waals surface area contributed by atoms with Crippen LogP contribution in [0.2, 0.25) is 0 Å². The molecular formula is C10H14F3IN2O. The maximum atomic E-state index is 11.9. The van der Waals surface area contributed by atoms with Crippen LogP contribution in [0, 0.1) is 9.49 Å². The van der Waals surface area contributed by atoms with Gasteiger partial charge in [-0.3, -0.25) is 4.68 Å². The number of alkyl halides is 3. The van der Waals surface area contributed by atoms with E-state index in [1.54, 1.807) is 4.68 Å². The molecule has 1 aromatic heterocycles. The molecule has 0 amide bonds. The first-order valence-electron chi connectivity index (χ1n) is 5.14. The Balaban J connectivity index is 2.51. The first-order valence-corrected chi connectivity index (χ1v) is 6.22. The minimum Gasteiger partial charge on any atom is -0.366 e. The second-order valence-electron chi connectivity index (χ2n) is 4.15. The van der Waals surface area contributed by atoms with E-state index < -0.39 is 12.8 Å². The number of hydrogen-bond donors (Lipinski definition) is 0. The SMILES string of the molecule is CC(C)Cn1cc(I)c(COCC(F)(F)F)n1. The van der Waals surface area contributed by atoms with Crippen molar-refractivity contribution in [2.24, 2.45) is 5.92 Å². The van der Waals surface area contributed by atoms with Gasteiger partial charge in [0.05, 0.1) is 10.2 Å². The van der Waals surface area contributed by atoms with Crippen molar-refractivity contribution in [3.63, 3.8) is 0 Å². The van der Waals surface area contributed by atoms with Gasteiger partial charge in [0.2, 0.25) is 0 Å². The summed E-state index contributed by atoms with van der Waals surface area (Å²) in [6.45, 7) is 3.50. The molecule has 0 N–H and O–H groups in total. The van der Waals surface area contributed by atoms with E-state index in [0.717, 1.165) is 10.1 Å². The molecule has 0 radical (unpaired) electrons. The van der Waals surface area contributed by atoms with E-state index in [0.29, 0.717) is 11.6 Å². The molecule has 0 aliphatic rings. The molecule has 98 valence electrons. The summed E-state index contributed by atoms with van der Waals surface area (Å²) in [5.41, 5.74) is 0.551. The summed E-state index contributed by atoms with van der Waals surface area (Å²) in [5.74, 6) is 0.439. The summed E-state index contributed by atoms with van der Waals surface area (Å²) in [6.07, 6.45) is -2.47. The number of halogens is 4. The molecule has 1 aromatic rings. The molecular weight excluding hydrogens is 348 g/mol. The van der Waals surface area contributed by atoms with Gasteiger partial charge < -0.3 is 4.74 Å². The number of aromatic nitrogens is 2. The molecule has 3 nitrogen and oxygen atoms in total. The Hall–Kier alpha value is -0.310. The van der Waals surface area contributed by atoms with Gasteiger partial charge in [0.25, 0.3) is 0 Å². The average Bonchev–Trinajstić information content (AvgIpc) is 2.43. The number of nitrogens with zero attached hydrogens (tertiary/aromatic N) is 2. The van der Waals surface area contributed by atoms with Crippen molar-refractivity contribution < 1.29 is 17.9 Å². The maximum absolute atomic E-state index is 11.9. The third-order valence-corrected chi connectivity index (χ3v) is 2.75. The molecule has 7 heteroatoms. The van der Waals surface area contributed by atoms with E-state index >= 15 is 0 Å². The van der Waals surface area contributed by atoms with Crippen molar-refractivity contribution in [3.8, 4) is 0 Å². The molecule has 0 aliphatic carbocycles. The van der Waals surface area contributed by atoms with Crippen LogP contribution in [-0.2, 0) is 17.9 Å². The Morgan fingerprint density at radius 2 is 2.12 bits per heavy atom. The van der Waals surface area contributed by atoms with Gasteiger partial charge in [-0.05, 0) is 28.5 Å². The summed E-state index contributed by atoms with van der Waals surface area (Å²) in [5, 5.41) is 4.19. The Morgan fingerprint density at radius 1 is 1.47 bits per heavy atom. The van der Waals surface area contributed by atoms with Crippen LogP contribution in [0.1, 0.15) is 19.5 Å². The number of rotatable bonds is 5.